The van der Waals surface area contributed by atoms with Crippen molar-refractivity contribution < 1.29 is 14.6 Å². The van der Waals surface area contributed by atoms with E-state index in [4.69, 9.17) is 11.6 Å². The summed E-state index contributed by atoms with van der Waals surface area (Å²) in [7, 11) is 0. The minimum atomic E-state index is -0.654. The summed E-state index contributed by atoms with van der Waals surface area (Å²) < 4.78 is 0. The van der Waals surface area contributed by atoms with Crippen LogP contribution in [0.15, 0.2) is 47.6 Å². The largest absolute Gasteiger partial charge is 0.288 e. The van der Waals surface area contributed by atoms with Crippen LogP contribution >= 0.6 is 11.6 Å². The number of benzene rings is 2. The van der Waals surface area contributed by atoms with Crippen molar-refractivity contribution in [1.29, 1.82) is 0 Å². The van der Waals surface area contributed by atoms with Gasteiger partial charge in [-0.2, -0.15) is 5.10 Å². The molecule has 0 aliphatic heterocycles. The normalized spacial score (nSPS) is 10.5. The fourth-order valence-electron chi connectivity index (χ4n) is 1.74. The maximum absolute atomic E-state index is 11.9. The van der Waals surface area contributed by atoms with Crippen molar-refractivity contribution in [3.8, 4) is 0 Å². The lowest BCUT2D eigenvalue weighted by molar-refractivity contribution is -0.385. The van der Waals surface area contributed by atoms with E-state index < -0.39 is 15.8 Å². The van der Waals surface area contributed by atoms with Gasteiger partial charge >= 0.3 is 0 Å². The van der Waals surface area contributed by atoms with Crippen molar-refractivity contribution in [2.45, 2.75) is 0 Å². The lowest BCUT2D eigenvalue weighted by Crippen LogP contribution is -2.17. The zero-order valence-corrected chi connectivity index (χ0v) is 12.6. The van der Waals surface area contributed by atoms with Gasteiger partial charge in [-0.1, -0.05) is 23.7 Å². The van der Waals surface area contributed by atoms with Crippen molar-refractivity contribution in [2.75, 3.05) is 0 Å². The molecule has 0 heterocycles. The fraction of sp³-hybridized carbons (Fsp3) is 0. The highest BCUT2D eigenvalue weighted by Gasteiger charge is 2.12. The van der Waals surface area contributed by atoms with E-state index in [1.165, 1.54) is 42.6 Å². The Kier molecular flexibility index (Phi) is 5.17. The van der Waals surface area contributed by atoms with Crippen LogP contribution in [0.5, 0.6) is 0 Å². The topological polar surface area (TPSA) is 128 Å². The molecule has 0 fully saturated rings. The third-order valence-electron chi connectivity index (χ3n) is 2.87. The van der Waals surface area contributed by atoms with Gasteiger partial charge in [0.15, 0.2) is 0 Å². The number of hydrogen-bond acceptors (Lipinski definition) is 6. The number of non-ortho nitro benzene ring substituents is 1. The van der Waals surface area contributed by atoms with Gasteiger partial charge in [-0.15, -0.1) is 0 Å². The van der Waals surface area contributed by atoms with Crippen molar-refractivity contribution in [2.24, 2.45) is 5.10 Å². The van der Waals surface area contributed by atoms with Crippen LogP contribution in [0.3, 0.4) is 0 Å². The molecule has 1 amide bonds. The number of nitro benzene ring substituents is 2. The molecule has 0 aromatic heterocycles. The minimum absolute atomic E-state index is 0.0159. The monoisotopic (exact) mass is 348 g/mol. The van der Waals surface area contributed by atoms with Gasteiger partial charge < -0.3 is 0 Å². The van der Waals surface area contributed by atoms with Crippen molar-refractivity contribution in [1.82, 2.24) is 5.43 Å². The fourth-order valence-corrected chi connectivity index (χ4v) is 1.93. The number of carbonyl (C=O) groups excluding carboxylic acids is 1. The molecule has 0 spiro atoms. The van der Waals surface area contributed by atoms with Crippen molar-refractivity contribution in [3.05, 3.63) is 78.8 Å². The van der Waals surface area contributed by atoms with Crippen LogP contribution in [0.25, 0.3) is 0 Å². The first kappa shape index (κ1) is 17.0. The van der Waals surface area contributed by atoms with Gasteiger partial charge in [0.1, 0.15) is 5.02 Å². The van der Waals surface area contributed by atoms with E-state index in [2.05, 4.69) is 10.5 Å². The van der Waals surface area contributed by atoms with Gasteiger partial charge in [0.25, 0.3) is 17.3 Å². The molecule has 24 heavy (non-hydrogen) atoms. The SMILES string of the molecule is O=C(NN=Cc1ccc(Cl)c([N+](=O)[O-])c1)c1cccc([N+](=O)[O-])c1. The average Bonchev–Trinajstić information content (AvgIpc) is 2.56. The number of nitrogens with zero attached hydrogens (tertiary/aromatic N) is 3. The second-order valence-electron chi connectivity index (χ2n) is 4.47. The number of hydrogen-bond donors (Lipinski definition) is 1. The van der Waals surface area contributed by atoms with Gasteiger partial charge in [0.2, 0.25) is 0 Å². The first-order valence-electron chi connectivity index (χ1n) is 6.40. The minimum Gasteiger partial charge on any atom is -0.267 e. The Hall–Kier alpha value is -3.33. The number of nitro groups is 2. The summed E-state index contributed by atoms with van der Waals surface area (Å²) in [5.41, 5.74) is 2.08. The Morgan fingerprint density at radius 2 is 1.88 bits per heavy atom. The molecule has 0 atom stereocenters. The third-order valence-corrected chi connectivity index (χ3v) is 3.19. The van der Waals surface area contributed by atoms with Crippen LogP contribution < -0.4 is 5.43 Å². The van der Waals surface area contributed by atoms with Gasteiger partial charge in [-0.05, 0) is 12.1 Å². The maximum atomic E-state index is 11.9. The predicted octanol–water partition coefficient (Wildman–Crippen LogP) is 2.92. The number of rotatable bonds is 5. The quantitative estimate of drug-likeness (QED) is 0.504. The van der Waals surface area contributed by atoms with Crippen LogP contribution in [0, 0.1) is 20.2 Å². The maximum Gasteiger partial charge on any atom is 0.288 e. The number of hydrazone groups is 1. The van der Waals surface area contributed by atoms with Gasteiger partial charge in [0.05, 0.1) is 16.1 Å². The molecule has 0 radical (unpaired) electrons. The predicted molar refractivity (Wildman–Crippen MR) is 86.3 cm³/mol. The summed E-state index contributed by atoms with van der Waals surface area (Å²) in [5.74, 6) is -0.654. The Morgan fingerprint density at radius 1 is 1.12 bits per heavy atom. The lowest BCUT2D eigenvalue weighted by Gasteiger charge is -2.00. The van der Waals surface area contributed by atoms with E-state index in [0.717, 1.165) is 6.07 Å². The summed E-state index contributed by atoms with van der Waals surface area (Å²) in [4.78, 5) is 32.1. The summed E-state index contributed by atoms with van der Waals surface area (Å²) in [6, 6.07) is 9.16. The molecule has 0 saturated heterocycles. The van der Waals surface area contributed by atoms with Crippen LogP contribution in [0.4, 0.5) is 11.4 Å². The summed E-state index contributed by atoms with van der Waals surface area (Å²) in [5, 5.41) is 25.1. The second kappa shape index (κ2) is 7.29. The summed E-state index contributed by atoms with van der Waals surface area (Å²) in [6.07, 6.45) is 1.19. The number of nitrogens with one attached hydrogen (secondary N) is 1. The van der Waals surface area contributed by atoms with Crippen molar-refractivity contribution in [3.63, 3.8) is 0 Å². The van der Waals surface area contributed by atoms with Gasteiger partial charge in [-0.25, -0.2) is 5.43 Å². The Bertz CT molecular complexity index is 853. The van der Waals surface area contributed by atoms with Crippen molar-refractivity contribution >= 4 is 35.1 Å². The molecule has 9 nitrogen and oxygen atoms in total. The zero-order chi connectivity index (χ0) is 17.7. The van der Waals surface area contributed by atoms with Crippen LogP contribution in [-0.2, 0) is 0 Å². The third kappa shape index (κ3) is 4.11. The van der Waals surface area contributed by atoms with Gasteiger partial charge in [-0.3, -0.25) is 25.0 Å². The highest BCUT2D eigenvalue weighted by molar-refractivity contribution is 6.32. The molecule has 0 aliphatic carbocycles. The molecule has 1 N–H and O–H groups in total. The molecule has 0 unspecified atom stereocenters. The molecule has 2 rings (SSSR count). The van der Waals surface area contributed by atoms with Crippen LogP contribution in [-0.4, -0.2) is 22.0 Å². The van der Waals surface area contributed by atoms with Crippen LogP contribution in [0.2, 0.25) is 5.02 Å². The summed E-state index contributed by atoms with van der Waals surface area (Å²) >= 11 is 5.69. The Balaban J connectivity index is 2.10. The molecule has 0 bridgehead atoms. The van der Waals surface area contributed by atoms with Crippen LogP contribution in [0.1, 0.15) is 15.9 Å². The molecule has 10 heteroatoms. The Labute approximate surface area is 139 Å². The number of amides is 1. The lowest BCUT2D eigenvalue weighted by atomic mass is 10.2. The van der Waals surface area contributed by atoms with E-state index in [1.54, 1.807) is 0 Å². The molecule has 122 valence electrons. The molecule has 2 aromatic carbocycles. The Morgan fingerprint density at radius 3 is 2.54 bits per heavy atom. The van der Waals surface area contributed by atoms with E-state index >= 15 is 0 Å². The number of halogens is 1. The molecular weight excluding hydrogens is 340 g/mol. The van der Waals surface area contributed by atoms with E-state index in [1.807, 2.05) is 0 Å². The number of carbonyl (C=O) groups is 1. The average molecular weight is 349 g/mol. The van der Waals surface area contributed by atoms with E-state index in [0.29, 0.717) is 5.56 Å². The first-order chi connectivity index (χ1) is 11.4. The van der Waals surface area contributed by atoms with E-state index in [9.17, 15) is 25.0 Å². The standard InChI is InChI=1S/C14H9ClN4O5/c15-12-5-4-9(6-13(12)19(23)24)8-16-17-14(20)10-2-1-3-11(7-10)18(21)22/h1-8H,(H,17,20). The zero-order valence-electron chi connectivity index (χ0n) is 11.9. The molecule has 0 aliphatic rings. The molecule has 2 aromatic rings. The molecular formula is C14H9ClN4O5. The van der Waals surface area contributed by atoms with Gasteiger partial charge in [0, 0.05) is 29.3 Å². The smallest absolute Gasteiger partial charge is 0.267 e. The highest BCUT2D eigenvalue weighted by Crippen LogP contribution is 2.24. The first-order valence-corrected chi connectivity index (χ1v) is 6.78. The summed E-state index contributed by atoms with van der Waals surface area (Å²) in [6.45, 7) is 0. The molecule has 0 saturated carbocycles. The highest BCUT2D eigenvalue weighted by atomic mass is 35.5. The second-order valence-corrected chi connectivity index (χ2v) is 4.88. The van der Waals surface area contributed by atoms with E-state index in [-0.39, 0.29) is 22.0 Å².